The molecule has 1 atom stereocenters. The number of nitrogens with two attached hydrogens (primary N) is 1. The summed E-state index contributed by atoms with van der Waals surface area (Å²) in [5, 5.41) is 6.48. The summed E-state index contributed by atoms with van der Waals surface area (Å²) < 4.78 is 39.6. The third-order valence-corrected chi connectivity index (χ3v) is 3.94. The topological polar surface area (TPSA) is 67.6 Å². The Kier molecular flexibility index (Phi) is 4.89. The van der Waals surface area contributed by atoms with Gasteiger partial charge >= 0.3 is 6.18 Å². The first-order valence-corrected chi connectivity index (χ1v) is 7.20. The molecule has 0 spiro atoms. The molecule has 1 aromatic carbocycles. The molecule has 8 heteroatoms. The molecular weight excluding hydrogens is 301 g/mol. The predicted octanol–water partition coefficient (Wildman–Crippen LogP) is 3.25. The molecule has 0 saturated carbocycles. The van der Waals surface area contributed by atoms with Gasteiger partial charge in [0.2, 0.25) is 0 Å². The average molecular weight is 316 g/mol. The van der Waals surface area contributed by atoms with Crippen molar-refractivity contribution in [2.75, 3.05) is 0 Å². The summed E-state index contributed by atoms with van der Waals surface area (Å²) in [5.41, 5.74) is 5.71. The Labute approximate surface area is 124 Å². The zero-order valence-electron chi connectivity index (χ0n) is 11.3. The highest BCUT2D eigenvalue weighted by molar-refractivity contribution is 7.99. The second-order valence-corrected chi connectivity index (χ2v) is 5.62. The van der Waals surface area contributed by atoms with E-state index in [1.807, 2.05) is 6.92 Å². The molecule has 1 unspecified atom stereocenters. The van der Waals surface area contributed by atoms with Crippen molar-refractivity contribution in [3.8, 4) is 0 Å². The number of alkyl halides is 3. The van der Waals surface area contributed by atoms with Gasteiger partial charge in [0.05, 0.1) is 5.56 Å². The number of aromatic nitrogens is 3. The number of halogens is 3. The van der Waals surface area contributed by atoms with Crippen molar-refractivity contribution in [1.82, 2.24) is 15.2 Å². The first-order chi connectivity index (χ1) is 9.90. The van der Waals surface area contributed by atoms with E-state index in [2.05, 4.69) is 15.2 Å². The highest BCUT2D eigenvalue weighted by Gasteiger charge is 2.34. The lowest BCUT2D eigenvalue weighted by atomic mass is 10.0. The van der Waals surface area contributed by atoms with Crippen LogP contribution in [0.5, 0.6) is 0 Å². The molecule has 1 aromatic heterocycles. The largest absolute Gasteiger partial charge is 0.417 e. The maximum Gasteiger partial charge on any atom is 0.417 e. The van der Waals surface area contributed by atoms with Crippen molar-refractivity contribution in [2.24, 2.45) is 5.73 Å². The van der Waals surface area contributed by atoms with Crippen molar-refractivity contribution in [3.05, 3.63) is 35.7 Å². The maximum absolute atomic E-state index is 13.2. The quantitative estimate of drug-likeness (QED) is 0.888. The highest BCUT2D eigenvalue weighted by Crippen LogP contribution is 2.39. The number of rotatable bonds is 5. The van der Waals surface area contributed by atoms with Crippen LogP contribution in [-0.2, 0) is 12.6 Å². The number of hydrogen-bond donors (Lipinski definition) is 2. The Morgan fingerprint density at radius 1 is 1.38 bits per heavy atom. The minimum atomic E-state index is -4.42. The lowest BCUT2D eigenvalue weighted by Crippen LogP contribution is -2.21. The van der Waals surface area contributed by atoms with Gasteiger partial charge in [0.15, 0.2) is 5.16 Å². The molecule has 0 fully saturated rings. The van der Waals surface area contributed by atoms with Gasteiger partial charge in [-0.05, 0) is 42.3 Å². The second kappa shape index (κ2) is 6.48. The molecule has 2 aromatic rings. The van der Waals surface area contributed by atoms with Crippen LogP contribution in [-0.4, -0.2) is 21.2 Å². The molecule has 0 bridgehead atoms. The van der Waals surface area contributed by atoms with Crippen LogP contribution in [0.2, 0.25) is 0 Å². The minimum Gasteiger partial charge on any atom is -0.327 e. The Morgan fingerprint density at radius 2 is 2.14 bits per heavy atom. The van der Waals surface area contributed by atoms with Crippen molar-refractivity contribution >= 4 is 11.8 Å². The molecular formula is C13H15F3N4S. The van der Waals surface area contributed by atoms with Crippen LogP contribution in [0.25, 0.3) is 0 Å². The molecule has 0 aliphatic rings. The van der Waals surface area contributed by atoms with Gasteiger partial charge in [-0.3, -0.25) is 5.10 Å². The Bertz CT molecular complexity index is 584. The molecule has 114 valence electrons. The predicted molar refractivity (Wildman–Crippen MR) is 73.9 cm³/mol. The van der Waals surface area contributed by atoms with E-state index >= 15 is 0 Å². The van der Waals surface area contributed by atoms with Crippen molar-refractivity contribution in [1.29, 1.82) is 0 Å². The Balaban J connectivity index is 2.32. The Hall–Kier alpha value is -1.54. The van der Waals surface area contributed by atoms with E-state index in [1.54, 1.807) is 6.07 Å². The highest BCUT2D eigenvalue weighted by atomic mass is 32.2. The van der Waals surface area contributed by atoms with Gasteiger partial charge in [-0.15, -0.1) is 0 Å². The van der Waals surface area contributed by atoms with Gasteiger partial charge in [0.1, 0.15) is 6.33 Å². The fraction of sp³-hybridized carbons (Fsp3) is 0.385. The molecule has 0 aliphatic carbocycles. The SMILES string of the molecule is CCC(N)Cc1ccc(Sc2ncn[nH]2)c(C(F)(F)F)c1. The molecule has 4 nitrogen and oxygen atoms in total. The summed E-state index contributed by atoms with van der Waals surface area (Å²) in [6.07, 6.45) is -2.03. The van der Waals surface area contributed by atoms with E-state index in [0.29, 0.717) is 17.1 Å². The number of nitrogens with one attached hydrogen (secondary N) is 1. The number of benzene rings is 1. The molecule has 2 rings (SSSR count). The smallest absolute Gasteiger partial charge is 0.327 e. The van der Waals surface area contributed by atoms with Crippen LogP contribution in [0, 0.1) is 0 Å². The summed E-state index contributed by atoms with van der Waals surface area (Å²) in [6.45, 7) is 1.91. The number of aromatic amines is 1. The molecule has 0 amide bonds. The fourth-order valence-electron chi connectivity index (χ4n) is 1.81. The van der Waals surface area contributed by atoms with E-state index in [-0.39, 0.29) is 10.9 Å². The van der Waals surface area contributed by atoms with Crippen LogP contribution in [0.1, 0.15) is 24.5 Å². The standard InChI is InChI=1S/C13H15F3N4S/c1-2-9(17)5-8-3-4-11(10(6-8)13(14,15)16)21-12-18-7-19-20-12/h3-4,6-7,9H,2,5,17H2,1H3,(H,18,19,20). The van der Waals surface area contributed by atoms with E-state index in [0.717, 1.165) is 24.2 Å². The van der Waals surface area contributed by atoms with Gasteiger partial charge in [0.25, 0.3) is 0 Å². The average Bonchev–Trinajstić information content (AvgIpc) is 2.92. The third-order valence-electron chi connectivity index (χ3n) is 2.97. The van der Waals surface area contributed by atoms with Gasteiger partial charge in [0, 0.05) is 10.9 Å². The summed E-state index contributed by atoms with van der Waals surface area (Å²) in [7, 11) is 0. The van der Waals surface area contributed by atoms with Crippen LogP contribution in [0.3, 0.4) is 0 Å². The molecule has 0 aliphatic heterocycles. The molecule has 0 radical (unpaired) electrons. The van der Waals surface area contributed by atoms with E-state index in [1.165, 1.54) is 12.4 Å². The molecule has 21 heavy (non-hydrogen) atoms. The van der Waals surface area contributed by atoms with Crippen LogP contribution in [0.4, 0.5) is 13.2 Å². The summed E-state index contributed by atoms with van der Waals surface area (Å²) in [4.78, 5) is 3.92. The summed E-state index contributed by atoms with van der Waals surface area (Å²) in [5.74, 6) is 0. The van der Waals surface area contributed by atoms with Crippen LogP contribution < -0.4 is 5.73 Å². The van der Waals surface area contributed by atoms with Crippen LogP contribution >= 0.6 is 11.8 Å². The van der Waals surface area contributed by atoms with Gasteiger partial charge < -0.3 is 5.73 Å². The Morgan fingerprint density at radius 3 is 2.71 bits per heavy atom. The number of hydrogen-bond acceptors (Lipinski definition) is 4. The molecule has 3 N–H and O–H groups in total. The van der Waals surface area contributed by atoms with E-state index < -0.39 is 11.7 Å². The zero-order valence-corrected chi connectivity index (χ0v) is 12.1. The normalized spacial score (nSPS) is 13.4. The van der Waals surface area contributed by atoms with Gasteiger partial charge in [-0.1, -0.05) is 13.0 Å². The van der Waals surface area contributed by atoms with Gasteiger partial charge in [-0.25, -0.2) is 4.98 Å². The van der Waals surface area contributed by atoms with Gasteiger partial charge in [-0.2, -0.15) is 18.3 Å². The minimum absolute atomic E-state index is 0.0908. The lowest BCUT2D eigenvalue weighted by molar-refractivity contribution is -0.139. The summed E-state index contributed by atoms with van der Waals surface area (Å²) >= 11 is 0.901. The fourth-order valence-corrected chi connectivity index (χ4v) is 2.64. The van der Waals surface area contributed by atoms with Crippen molar-refractivity contribution < 1.29 is 13.2 Å². The second-order valence-electron chi connectivity index (χ2n) is 4.59. The molecule has 0 saturated heterocycles. The first kappa shape index (κ1) is 15.8. The lowest BCUT2D eigenvalue weighted by Gasteiger charge is -2.15. The monoisotopic (exact) mass is 316 g/mol. The van der Waals surface area contributed by atoms with Crippen molar-refractivity contribution in [3.63, 3.8) is 0 Å². The zero-order chi connectivity index (χ0) is 15.5. The first-order valence-electron chi connectivity index (χ1n) is 6.39. The number of H-pyrrole nitrogens is 1. The summed E-state index contributed by atoms with van der Waals surface area (Å²) in [6, 6.07) is 4.14. The molecule has 1 heterocycles. The number of nitrogens with zero attached hydrogens (tertiary/aromatic N) is 2. The van der Waals surface area contributed by atoms with E-state index in [9.17, 15) is 13.2 Å². The van der Waals surface area contributed by atoms with Crippen LogP contribution in [0.15, 0.2) is 34.6 Å². The maximum atomic E-state index is 13.2. The van der Waals surface area contributed by atoms with Crippen molar-refractivity contribution in [2.45, 2.75) is 42.0 Å². The van der Waals surface area contributed by atoms with E-state index in [4.69, 9.17) is 5.73 Å². The third kappa shape index (κ3) is 4.21.